The number of hydrogen-bond donors (Lipinski definition) is 2. The van der Waals surface area contributed by atoms with Crippen LogP contribution in [0, 0.1) is 0 Å². The number of nitrogen functional groups attached to an aromatic ring is 1. The summed E-state index contributed by atoms with van der Waals surface area (Å²) >= 11 is 0. The Balaban J connectivity index is 0.000000847. The molecule has 3 aromatic rings. The van der Waals surface area contributed by atoms with Crippen molar-refractivity contribution < 1.29 is 5.11 Å². The molecule has 0 atom stereocenters. The van der Waals surface area contributed by atoms with Gasteiger partial charge in [0.2, 0.25) is 5.78 Å². The number of imidazole rings is 1. The van der Waals surface area contributed by atoms with Crippen LogP contribution in [-0.4, -0.2) is 19.5 Å². The number of aromatic hydroxyl groups is 1. The Labute approximate surface area is 129 Å². The molecule has 0 bridgehead atoms. The van der Waals surface area contributed by atoms with Gasteiger partial charge in [-0.1, -0.05) is 38.1 Å². The van der Waals surface area contributed by atoms with E-state index in [1.165, 1.54) is 0 Å². The largest absolute Gasteiger partial charge is 0.507 e. The molecule has 3 N–H and O–H groups in total. The monoisotopic (exact) mass is 296 g/mol. The standard InChI is InChI=1S/C15H14N4O.C2H6/c1-2-5-10-8-19-9-12(17-15(19)18-14(10)16)11-6-3-4-7-13(11)20;1-2/h2-9,20H,1H3,(H2,16,17,18);1-2H3/b5-2+;. The van der Waals surface area contributed by atoms with Gasteiger partial charge in [0.15, 0.2) is 0 Å². The second kappa shape index (κ2) is 6.76. The smallest absolute Gasteiger partial charge is 0.236 e. The molecule has 0 saturated heterocycles. The zero-order chi connectivity index (χ0) is 16.1. The highest BCUT2D eigenvalue weighted by Crippen LogP contribution is 2.28. The maximum Gasteiger partial charge on any atom is 0.236 e. The minimum Gasteiger partial charge on any atom is -0.507 e. The second-order valence-corrected chi connectivity index (χ2v) is 4.43. The van der Waals surface area contributed by atoms with Crippen LogP contribution in [0.2, 0.25) is 0 Å². The van der Waals surface area contributed by atoms with E-state index in [1.54, 1.807) is 16.5 Å². The lowest BCUT2D eigenvalue weighted by Crippen LogP contribution is -1.98. The zero-order valence-electron chi connectivity index (χ0n) is 13.0. The molecule has 0 aliphatic rings. The van der Waals surface area contributed by atoms with Gasteiger partial charge in [-0.3, -0.25) is 4.40 Å². The molecule has 5 heteroatoms. The first-order chi connectivity index (χ1) is 10.7. The minimum atomic E-state index is 0.192. The second-order valence-electron chi connectivity index (χ2n) is 4.43. The molecule has 0 aliphatic heterocycles. The Morgan fingerprint density at radius 2 is 1.86 bits per heavy atom. The number of rotatable bonds is 2. The summed E-state index contributed by atoms with van der Waals surface area (Å²) in [5.74, 6) is 1.14. The minimum absolute atomic E-state index is 0.192. The third kappa shape index (κ3) is 2.93. The van der Waals surface area contributed by atoms with Crippen molar-refractivity contribution in [2.24, 2.45) is 0 Å². The van der Waals surface area contributed by atoms with Crippen molar-refractivity contribution >= 4 is 17.7 Å². The fourth-order valence-electron chi connectivity index (χ4n) is 2.08. The molecule has 0 saturated carbocycles. The first-order valence-corrected chi connectivity index (χ1v) is 7.25. The third-order valence-electron chi connectivity index (χ3n) is 3.03. The molecule has 0 fully saturated rings. The van der Waals surface area contributed by atoms with Gasteiger partial charge in [-0.25, -0.2) is 4.98 Å². The number of nitrogens with zero attached hydrogens (tertiary/aromatic N) is 3. The predicted molar refractivity (Wildman–Crippen MR) is 90.6 cm³/mol. The fraction of sp³-hybridized carbons (Fsp3) is 0.176. The van der Waals surface area contributed by atoms with Crippen molar-refractivity contribution in [3.05, 3.63) is 48.3 Å². The van der Waals surface area contributed by atoms with E-state index in [9.17, 15) is 5.11 Å². The zero-order valence-corrected chi connectivity index (χ0v) is 13.0. The van der Waals surface area contributed by atoms with E-state index in [2.05, 4.69) is 9.97 Å². The van der Waals surface area contributed by atoms with Gasteiger partial charge in [-0.2, -0.15) is 4.98 Å². The van der Waals surface area contributed by atoms with Gasteiger partial charge in [-0.15, -0.1) is 0 Å². The molecule has 2 aromatic heterocycles. The Morgan fingerprint density at radius 3 is 2.55 bits per heavy atom. The number of aromatic nitrogens is 3. The lowest BCUT2D eigenvalue weighted by atomic mass is 10.1. The van der Waals surface area contributed by atoms with Crippen LogP contribution in [0.1, 0.15) is 26.3 Å². The van der Waals surface area contributed by atoms with E-state index in [1.807, 2.05) is 57.4 Å². The first kappa shape index (κ1) is 15.6. The van der Waals surface area contributed by atoms with Gasteiger partial charge in [0.05, 0.1) is 5.69 Å². The first-order valence-electron chi connectivity index (χ1n) is 7.25. The van der Waals surface area contributed by atoms with E-state index < -0.39 is 0 Å². The molecule has 114 valence electrons. The third-order valence-corrected chi connectivity index (χ3v) is 3.03. The lowest BCUT2D eigenvalue weighted by Gasteiger charge is -1.99. The lowest BCUT2D eigenvalue weighted by molar-refractivity contribution is 0.477. The normalized spacial score (nSPS) is 10.7. The Kier molecular flexibility index (Phi) is 4.78. The van der Waals surface area contributed by atoms with Gasteiger partial charge in [-0.05, 0) is 19.1 Å². The van der Waals surface area contributed by atoms with E-state index >= 15 is 0 Å². The van der Waals surface area contributed by atoms with Gasteiger partial charge in [0.25, 0.3) is 0 Å². The van der Waals surface area contributed by atoms with E-state index in [-0.39, 0.29) is 5.75 Å². The van der Waals surface area contributed by atoms with Crippen LogP contribution in [0.3, 0.4) is 0 Å². The number of benzene rings is 1. The van der Waals surface area contributed by atoms with E-state index in [0.29, 0.717) is 22.9 Å². The molecule has 3 rings (SSSR count). The van der Waals surface area contributed by atoms with E-state index in [0.717, 1.165) is 5.56 Å². The quantitative estimate of drug-likeness (QED) is 0.755. The maximum absolute atomic E-state index is 9.88. The summed E-state index contributed by atoms with van der Waals surface area (Å²) in [6, 6.07) is 7.07. The van der Waals surface area contributed by atoms with E-state index in [4.69, 9.17) is 5.73 Å². The number of para-hydroxylation sites is 1. The van der Waals surface area contributed by atoms with Gasteiger partial charge >= 0.3 is 0 Å². The van der Waals surface area contributed by atoms with Gasteiger partial charge in [0, 0.05) is 23.5 Å². The van der Waals surface area contributed by atoms with Crippen molar-refractivity contribution in [1.29, 1.82) is 0 Å². The average molecular weight is 296 g/mol. The Morgan fingerprint density at radius 1 is 1.14 bits per heavy atom. The SMILES string of the molecule is C/C=C/c1cn2cc(-c3ccccc3O)nc2nc1N.CC. The van der Waals surface area contributed by atoms with Crippen LogP contribution in [0.25, 0.3) is 23.1 Å². The molecular formula is C17H20N4O. The molecule has 0 amide bonds. The average Bonchev–Trinajstić information content (AvgIpc) is 2.93. The summed E-state index contributed by atoms with van der Waals surface area (Å²) < 4.78 is 1.80. The molecule has 1 aromatic carbocycles. The molecule has 5 nitrogen and oxygen atoms in total. The molecule has 22 heavy (non-hydrogen) atoms. The summed E-state index contributed by atoms with van der Waals surface area (Å²) in [7, 11) is 0. The number of nitrogens with two attached hydrogens (primary N) is 1. The molecule has 2 heterocycles. The molecule has 0 spiro atoms. The fourth-order valence-corrected chi connectivity index (χ4v) is 2.08. The number of anilines is 1. The van der Waals surface area contributed by atoms with Crippen LogP contribution in [0.15, 0.2) is 42.7 Å². The summed E-state index contributed by atoms with van der Waals surface area (Å²) in [6.45, 7) is 5.92. The predicted octanol–water partition coefficient (Wildman–Crippen LogP) is 3.74. The van der Waals surface area contributed by atoms with Crippen molar-refractivity contribution in [2.45, 2.75) is 20.8 Å². The van der Waals surface area contributed by atoms with Crippen LogP contribution in [-0.2, 0) is 0 Å². The van der Waals surface area contributed by atoms with Crippen molar-refractivity contribution in [3.8, 4) is 17.0 Å². The Hall–Kier alpha value is -2.82. The van der Waals surface area contributed by atoms with Gasteiger partial charge < -0.3 is 10.8 Å². The van der Waals surface area contributed by atoms with Crippen LogP contribution < -0.4 is 5.73 Å². The highest BCUT2D eigenvalue weighted by Gasteiger charge is 2.10. The number of allylic oxidation sites excluding steroid dienone is 1. The van der Waals surface area contributed by atoms with Crippen LogP contribution >= 0.6 is 0 Å². The topological polar surface area (TPSA) is 76.4 Å². The van der Waals surface area contributed by atoms with Gasteiger partial charge in [0.1, 0.15) is 11.6 Å². The van der Waals surface area contributed by atoms with Crippen LogP contribution in [0.5, 0.6) is 5.75 Å². The molecule has 0 radical (unpaired) electrons. The molecule has 0 unspecified atom stereocenters. The number of hydrogen-bond acceptors (Lipinski definition) is 4. The van der Waals surface area contributed by atoms with Crippen LogP contribution in [0.4, 0.5) is 5.82 Å². The molecular weight excluding hydrogens is 276 g/mol. The molecule has 0 aliphatic carbocycles. The summed E-state index contributed by atoms with van der Waals surface area (Å²) in [4.78, 5) is 8.66. The maximum atomic E-state index is 9.88. The Bertz CT molecular complexity index is 806. The van der Waals surface area contributed by atoms with Crippen molar-refractivity contribution in [2.75, 3.05) is 5.73 Å². The summed E-state index contributed by atoms with van der Waals surface area (Å²) in [6.07, 6.45) is 7.49. The number of phenolic OH excluding ortho intramolecular Hbond substituents is 1. The number of phenols is 1. The van der Waals surface area contributed by atoms with Crippen molar-refractivity contribution in [3.63, 3.8) is 0 Å². The summed E-state index contributed by atoms with van der Waals surface area (Å²) in [5, 5.41) is 9.88. The number of fused-ring (bicyclic) bond motifs is 1. The van der Waals surface area contributed by atoms with Crippen molar-refractivity contribution in [1.82, 2.24) is 14.4 Å². The highest BCUT2D eigenvalue weighted by atomic mass is 16.3. The highest BCUT2D eigenvalue weighted by molar-refractivity contribution is 5.69. The summed E-state index contributed by atoms with van der Waals surface area (Å²) in [5.41, 5.74) is 8.05.